The van der Waals surface area contributed by atoms with E-state index in [9.17, 15) is 0 Å². The number of aromatic nitrogens is 2. The Labute approximate surface area is 67.2 Å². The smallest absolute Gasteiger partial charge is 0.148 e. The highest BCUT2D eigenvalue weighted by Crippen LogP contribution is 2.12. The second kappa shape index (κ2) is 2.95. The van der Waals surface area contributed by atoms with Crippen molar-refractivity contribution in [3.63, 3.8) is 0 Å². The number of nitrogens with zero attached hydrogens (tertiary/aromatic N) is 2. The summed E-state index contributed by atoms with van der Waals surface area (Å²) in [6.07, 6.45) is 3.00. The Morgan fingerprint density at radius 2 is 2.27 bits per heavy atom. The van der Waals surface area contributed by atoms with E-state index in [-0.39, 0.29) is 0 Å². The molecule has 3 nitrogen and oxygen atoms in total. The standard InChI is InChI=1S/C8H15N3/c1-6(2)4-7-5-11(3)10-8(7)9/h5-6H,4H2,1-3H3,(H2,9,10). The highest BCUT2D eigenvalue weighted by atomic mass is 15.3. The largest absolute Gasteiger partial charge is 0.382 e. The molecule has 0 spiro atoms. The van der Waals surface area contributed by atoms with Crippen LogP contribution in [0.1, 0.15) is 19.4 Å². The van der Waals surface area contributed by atoms with Crippen molar-refractivity contribution in [2.75, 3.05) is 5.73 Å². The molecule has 0 radical (unpaired) electrons. The van der Waals surface area contributed by atoms with Gasteiger partial charge in [-0.15, -0.1) is 0 Å². The fourth-order valence-electron chi connectivity index (χ4n) is 1.15. The molecule has 11 heavy (non-hydrogen) atoms. The fraction of sp³-hybridized carbons (Fsp3) is 0.625. The summed E-state index contributed by atoms with van der Waals surface area (Å²) in [5.74, 6) is 1.31. The molecule has 0 unspecified atom stereocenters. The first kappa shape index (κ1) is 8.11. The van der Waals surface area contributed by atoms with Crippen molar-refractivity contribution >= 4 is 5.82 Å². The van der Waals surface area contributed by atoms with Gasteiger partial charge in [0, 0.05) is 18.8 Å². The molecule has 0 amide bonds. The Balaban J connectivity index is 2.77. The third kappa shape index (κ3) is 1.97. The summed E-state index contributed by atoms with van der Waals surface area (Å²) in [6.45, 7) is 4.35. The molecule has 1 aromatic rings. The molecular formula is C8H15N3. The lowest BCUT2D eigenvalue weighted by atomic mass is 10.1. The van der Waals surface area contributed by atoms with E-state index in [1.807, 2.05) is 13.2 Å². The Hall–Kier alpha value is -0.990. The predicted octanol–water partition coefficient (Wildman–Crippen LogP) is 1.20. The summed E-state index contributed by atoms with van der Waals surface area (Å²) in [5.41, 5.74) is 6.81. The zero-order valence-corrected chi connectivity index (χ0v) is 7.33. The van der Waals surface area contributed by atoms with Gasteiger partial charge >= 0.3 is 0 Å². The van der Waals surface area contributed by atoms with Crippen LogP contribution in [0.25, 0.3) is 0 Å². The number of anilines is 1. The molecule has 0 bridgehead atoms. The molecule has 0 atom stereocenters. The lowest BCUT2D eigenvalue weighted by Gasteiger charge is -2.00. The van der Waals surface area contributed by atoms with Crippen molar-refractivity contribution in [2.24, 2.45) is 13.0 Å². The van der Waals surface area contributed by atoms with Gasteiger partial charge in [-0.05, 0) is 12.3 Å². The van der Waals surface area contributed by atoms with Crippen LogP contribution < -0.4 is 5.73 Å². The molecule has 0 saturated carbocycles. The van der Waals surface area contributed by atoms with Crippen LogP contribution in [-0.4, -0.2) is 9.78 Å². The molecule has 62 valence electrons. The van der Waals surface area contributed by atoms with Crippen LogP contribution in [0.2, 0.25) is 0 Å². The van der Waals surface area contributed by atoms with Gasteiger partial charge in [-0.3, -0.25) is 4.68 Å². The van der Waals surface area contributed by atoms with E-state index in [2.05, 4.69) is 18.9 Å². The zero-order chi connectivity index (χ0) is 8.43. The summed E-state index contributed by atoms with van der Waals surface area (Å²) >= 11 is 0. The van der Waals surface area contributed by atoms with E-state index in [4.69, 9.17) is 5.73 Å². The molecule has 0 aliphatic heterocycles. The van der Waals surface area contributed by atoms with Crippen molar-refractivity contribution in [1.82, 2.24) is 9.78 Å². The minimum atomic E-state index is 0.640. The summed E-state index contributed by atoms with van der Waals surface area (Å²) < 4.78 is 1.76. The minimum Gasteiger partial charge on any atom is -0.382 e. The Bertz CT molecular complexity index is 237. The van der Waals surface area contributed by atoms with Crippen molar-refractivity contribution in [3.8, 4) is 0 Å². The van der Waals surface area contributed by atoms with E-state index in [0.29, 0.717) is 11.7 Å². The highest BCUT2D eigenvalue weighted by molar-refractivity contribution is 5.37. The van der Waals surface area contributed by atoms with Gasteiger partial charge in [-0.1, -0.05) is 13.8 Å². The second-order valence-electron chi connectivity index (χ2n) is 3.31. The van der Waals surface area contributed by atoms with Crippen LogP contribution in [0, 0.1) is 5.92 Å². The molecule has 1 aromatic heterocycles. The molecule has 2 N–H and O–H groups in total. The number of aryl methyl sites for hydroxylation is 1. The topological polar surface area (TPSA) is 43.8 Å². The van der Waals surface area contributed by atoms with Crippen molar-refractivity contribution in [2.45, 2.75) is 20.3 Å². The van der Waals surface area contributed by atoms with Gasteiger partial charge in [0.1, 0.15) is 5.82 Å². The van der Waals surface area contributed by atoms with Gasteiger partial charge < -0.3 is 5.73 Å². The number of nitrogens with two attached hydrogens (primary N) is 1. The van der Waals surface area contributed by atoms with E-state index in [1.165, 1.54) is 0 Å². The first-order chi connectivity index (χ1) is 5.09. The molecule has 0 saturated heterocycles. The number of hydrogen-bond acceptors (Lipinski definition) is 2. The number of nitrogen functional groups attached to an aromatic ring is 1. The first-order valence-corrected chi connectivity index (χ1v) is 3.87. The summed E-state index contributed by atoms with van der Waals surface area (Å²) in [4.78, 5) is 0. The lowest BCUT2D eigenvalue weighted by molar-refractivity contribution is 0.647. The normalized spacial score (nSPS) is 10.9. The Morgan fingerprint density at radius 3 is 2.64 bits per heavy atom. The molecule has 0 aliphatic carbocycles. The van der Waals surface area contributed by atoms with Crippen LogP contribution in [0.4, 0.5) is 5.82 Å². The summed E-state index contributed by atoms with van der Waals surface area (Å²) in [6, 6.07) is 0. The van der Waals surface area contributed by atoms with E-state index < -0.39 is 0 Å². The summed E-state index contributed by atoms with van der Waals surface area (Å²) in [7, 11) is 1.89. The maximum absolute atomic E-state index is 5.66. The van der Waals surface area contributed by atoms with Gasteiger partial charge in [0.05, 0.1) is 0 Å². The van der Waals surface area contributed by atoms with Gasteiger partial charge in [0.2, 0.25) is 0 Å². The monoisotopic (exact) mass is 153 g/mol. The SMILES string of the molecule is CC(C)Cc1cn(C)nc1N. The second-order valence-corrected chi connectivity index (χ2v) is 3.31. The molecule has 0 fully saturated rings. The van der Waals surface area contributed by atoms with Crippen LogP contribution in [-0.2, 0) is 13.5 Å². The van der Waals surface area contributed by atoms with E-state index in [0.717, 1.165) is 12.0 Å². The van der Waals surface area contributed by atoms with Crippen LogP contribution in [0.15, 0.2) is 6.20 Å². The average Bonchev–Trinajstić information content (AvgIpc) is 2.09. The maximum Gasteiger partial charge on any atom is 0.148 e. The van der Waals surface area contributed by atoms with Crippen LogP contribution in [0.3, 0.4) is 0 Å². The van der Waals surface area contributed by atoms with Gasteiger partial charge in [-0.25, -0.2) is 0 Å². The third-order valence-electron chi connectivity index (χ3n) is 1.57. The molecule has 0 aliphatic rings. The zero-order valence-electron chi connectivity index (χ0n) is 7.33. The molecule has 0 aromatic carbocycles. The average molecular weight is 153 g/mol. The van der Waals surface area contributed by atoms with Gasteiger partial charge in [-0.2, -0.15) is 5.10 Å². The minimum absolute atomic E-state index is 0.640. The Kier molecular flexibility index (Phi) is 2.17. The van der Waals surface area contributed by atoms with Crippen molar-refractivity contribution in [1.29, 1.82) is 0 Å². The maximum atomic E-state index is 5.66. The quantitative estimate of drug-likeness (QED) is 0.693. The van der Waals surface area contributed by atoms with Crippen LogP contribution >= 0.6 is 0 Å². The van der Waals surface area contributed by atoms with Gasteiger partial charge in [0.15, 0.2) is 0 Å². The first-order valence-electron chi connectivity index (χ1n) is 3.87. The number of hydrogen-bond donors (Lipinski definition) is 1. The molecular weight excluding hydrogens is 138 g/mol. The molecule has 1 rings (SSSR count). The molecule has 3 heteroatoms. The van der Waals surface area contributed by atoms with E-state index >= 15 is 0 Å². The highest BCUT2D eigenvalue weighted by Gasteiger charge is 2.04. The van der Waals surface area contributed by atoms with Crippen molar-refractivity contribution in [3.05, 3.63) is 11.8 Å². The molecule has 1 heterocycles. The Morgan fingerprint density at radius 1 is 1.64 bits per heavy atom. The van der Waals surface area contributed by atoms with E-state index in [1.54, 1.807) is 4.68 Å². The predicted molar refractivity (Wildman–Crippen MR) is 46.2 cm³/mol. The number of rotatable bonds is 2. The lowest BCUT2D eigenvalue weighted by Crippen LogP contribution is -1.96. The van der Waals surface area contributed by atoms with Crippen LogP contribution in [0.5, 0.6) is 0 Å². The third-order valence-corrected chi connectivity index (χ3v) is 1.57. The van der Waals surface area contributed by atoms with Crippen molar-refractivity contribution < 1.29 is 0 Å². The summed E-state index contributed by atoms with van der Waals surface area (Å²) in [5, 5.41) is 4.06. The van der Waals surface area contributed by atoms with Gasteiger partial charge in [0.25, 0.3) is 0 Å². The fourth-order valence-corrected chi connectivity index (χ4v) is 1.15.